The summed E-state index contributed by atoms with van der Waals surface area (Å²) >= 11 is 0. The number of carbonyl (C=O) groups excluding carboxylic acids is 2. The molecule has 8 nitrogen and oxygen atoms in total. The zero-order chi connectivity index (χ0) is 29.6. The predicted molar refractivity (Wildman–Crippen MR) is 156 cm³/mol. The Kier molecular flexibility index (Phi) is 9.81. The first-order valence-electron chi connectivity index (χ1n) is 14.0. The number of carbonyl (C=O) groups is 2. The molecule has 8 heteroatoms. The van der Waals surface area contributed by atoms with E-state index in [9.17, 15) is 24.9 Å². The fourth-order valence-electron chi connectivity index (χ4n) is 5.29. The van der Waals surface area contributed by atoms with Crippen molar-refractivity contribution in [3.05, 3.63) is 107 Å². The fraction of sp³-hybridized carbons (Fsp3) is 0.394. The lowest BCUT2D eigenvalue weighted by Gasteiger charge is -2.33. The van der Waals surface area contributed by atoms with Crippen LogP contribution in [0.5, 0.6) is 0 Å². The molecule has 0 heterocycles. The second-order valence-electron chi connectivity index (χ2n) is 11.6. The molecule has 3 aromatic rings. The van der Waals surface area contributed by atoms with Crippen molar-refractivity contribution in [1.29, 1.82) is 0 Å². The van der Waals surface area contributed by atoms with E-state index in [2.05, 4.69) is 5.32 Å². The van der Waals surface area contributed by atoms with Gasteiger partial charge in [-0.05, 0) is 55.9 Å². The largest absolute Gasteiger partial charge is 0.444 e. The number of amides is 2. The van der Waals surface area contributed by atoms with Crippen LogP contribution in [0.15, 0.2) is 84.9 Å². The number of fused-ring (bicyclic) bond motifs is 1. The number of alkyl carbamates (subject to hydrolysis) is 1. The summed E-state index contributed by atoms with van der Waals surface area (Å²) in [5, 5.41) is 35.8. The molecule has 0 aliphatic heterocycles. The molecule has 3 aromatic carbocycles. The smallest absolute Gasteiger partial charge is 0.407 e. The Morgan fingerprint density at radius 1 is 0.878 bits per heavy atom. The monoisotopic (exact) mass is 560 g/mol. The molecule has 218 valence electrons. The van der Waals surface area contributed by atoms with Crippen molar-refractivity contribution >= 4 is 12.0 Å². The molecule has 5 atom stereocenters. The molecular weight excluding hydrogens is 520 g/mol. The van der Waals surface area contributed by atoms with E-state index in [1.807, 2.05) is 72.8 Å². The summed E-state index contributed by atoms with van der Waals surface area (Å²) in [7, 11) is 0. The molecule has 0 spiro atoms. The maximum Gasteiger partial charge on any atom is 0.407 e. The van der Waals surface area contributed by atoms with Crippen LogP contribution in [0.1, 0.15) is 68.0 Å². The van der Waals surface area contributed by atoms with E-state index in [-0.39, 0.29) is 25.3 Å². The third kappa shape index (κ3) is 7.94. The van der Waals surface area contributed by atoms with Crippen LogP contribution in [-0.4, -0.2) is 56.1 Å². The molecule has 1 aliphatic rings. The lowest BCUT2D eigenvalue weighted by atomic mass is 9.97. The van der Waals surface area contributed by atoms with Crippen molar-refractivity contribution in [1.82, 2.24) is 10.2 Å². The third-order valence-corrected chi connectivity index (χ3v) is 7.25. The first-order valence-corrected chi connectivity index (χ1v) is 14.0. The van der Waals surface area contributed by atoms with Gasteiger partial charge in [-0.1, -0.05) is 84.9 Å². The molecule has 0 fully saturated rings. The normalized spacial score (nSPS) is 19.6. The van der Waals surface area contributed by atoms with E-state index in [0.29, 0.717) is 17.5 Å². The van der Waals surface area contributed by atoms with E-state index < -0.39 is 42.1 Å². The highest BCUT2D eigenvalue weighted by Gasteiger charge is 2.43. The lowest BCUT2D eigenvalue weighted by molar-refractivity contribution is -0.139. The number of rotatable bonds is 10. The zero-order valence-electron chi connectivity index (χ0n) is 23.8. The van der Waals surface area contributed by atoms with Gasteiger partial charge in [-0.15, -0.1) is 0 Å². The van der Waals surface area contributed by atoms with Gasteiger partial charge >= 0.3 is 6.09 Å². The first-order chi connectivity index (χ1) is 19.5. The number of benzene rings is 3. The average molecular weight is 561 g/mol. The zero-order valence-corrected chi connectivity index (χ0v) is 23.8. The summed E-state index contributed by atoms with van der Waals surface area (Å²) < 4.78 is 5.42. The molecule has 1 aliphatic carbocycles. The van der Waals surface area contributed by atoms with Gasteiger partial charge in [0.1, 0.15) is 17.8 Å². The van der Waals surface area contributed by atoms with Crippen molar-refractivity contribution in [3.8, 4) is 0 Å². The van der Waals surface area contributed by atoms with Crippen LogP contribution in [0.4, 0.5) is 4.79 Å². The molecular formula is C33H40N2O6. The number of nitrogens with zero attached hydrogens (tertiary/aromatic N) is 1. The van der Waals surface area contributed by atoms with E-state index in [1.54, 1.807) is 37.8 Å². The standard InChI is InChI=1S/C33H40N2O6/c1-33(2,3)41-32(40)34-26(20-22-12-6-4-7-13-22)27(36)18-19-28(37)35(21-23-14-8-5-9-15-23)29-24-16-10-11-17-25(24)30(38)31(29)39/h4-17,26-27,29-31,36,38-39H,18-21H2,1-3H3,(H,34,40)/t26-,27-,29-,30+,31-/m0/s1. The molecule has 0 aromatic heterocycles. The topological polar surface area (TPSA) is 119 Å². The summed E-state index contributed by atoms with van der Waals surface area (Å²) in [5.41, 5.74) is 2.39. The van der Waals surface area contributed by atoms with E-state index >= 15 is 0 Å². The predicted octanol–water partition coefficient (Wildman–Crippen LogP) is 4.44. The van der Waals surface area contributed by atoms with Gasteiger partial charge in [0.2, 0.25) is 5.91 Å². The van der Waals surface area contributed by atoms with E-state index in [4.69, 9.17) is 4.74 Å². The molecule has 0 saturated heterocycles. The van der Waals surface area contributed by atoms with Crippen molar-refractivity contribution in [2.45, 2.75) is 82.6 Å². The Labute approximate surface area is 241 Å². The van der Waals surface area contributed by atoms with Crippen LogP contribution in [0.3, 0.4) is 0 Å². The number of aliphatic hydroxyl groups excluding tert-OH is 3. The van der Waals surface area contributed by atoms with Crippen molar-refractivity contribution in [3.63, 3.8) is 0 Å². The lowest BCUT2D eigenvalue weighted by Crippen LogP contribution is -2.47. The Hall–Kier alpha value is -3.72. The van der Waals surface area contributed by atoms with Crippen molar-refractivity contribution in [2.24, 2.45) is 0 Å². The molecule has 4 rings (SSSR count). The van der Waals surface area contributed by atoms with Gasteiger partial charge < -0.3 is 30.3 Å². The van der Waals surface area contributed by atoms with Crippen LogP contribution in [-0.2, 0) is 22.5 Å². The van der Waals surface area contributed by atoms with Crippen LogP contribution < -0.4 is 5.32 Å². The van der Waals surface area contributed by atoms with Gasteiger partial charge in [0.15, 0.2) is 0 Å². The Morgan fingerprint density at radius 3 is 2.05 bits per heavy atom. The van der Waals surface area contributed by atoms with Gasteiger partial charge in [0, 0.05) is 13.0 Å². The Morgan fingerprint density at radius 2 is 1.44 bits per heavy atom. The van der Waals surface area contributed by atoms with Gasteiger partial charge in [0.25, 0.3) is 0 Å². The maximum absolute atomic E-state index is 13.8. The summed E-state index contributed by atoms with van der Waals surface area (Å²) in [4.78, 5) is 28.0. The molecule has 0 saturated carbocycles. The Balaban J connectivity index is 1.53. The van der Waals surface area contributed by atoms with Gasteiger partial charge in [-0.25, -0.2) is 4.79 Å². The van der Waals surface area contributed by atoms with Gasteiger partial charge in [0.05, 0.1) is 18.2 Å². The highest BCUT2D eigenvalue weighted by Crippen LogP contribution is 2.43. The summed E-state index contributed by atoms with van der Waals surface area (Å²) in [6.45, 7) is 5.52. The first kappa shape index (κ1) is 30.2. The number of nitrogens with one attached hydrogen (secondary N) is 1. The number of hydrogen-bond donors (Lipinski definition) is 4. The average Bonchev–Trinajstić information content (AvgIpc) is 3.19. The second-order valence-corrected chi connectivity index (χ2v) is 11.6. The minimum absolute atomic E-state index is 0.0310. The summed E-state index contributed by atoms with van der Waals surface area (Å²) in [6.07, 6.45) is -3.60. The summed E-state index contributed by atoms with van der Waals surface area (Å²) in [6, 6.07) is 24.7. The summed E-state index contributed by atoms with van der Waals surface area (Å²) in [5.74, 6) is -0.281. The molecule has 2 amide bonds. The fourth-order valence-corrected chi connectivity index (χ4v) is 5.29. The van der Waals surface area contributed by atoms with Crippen molar-refractivity contribution < 1.29 is 29.6 Å². The van der Waals surface area contributed by atoms with Crippen LogP contribution in [0.2, 0.25) is 0 Å². The van der Waals surface area contributed by atoms with Crippen LogP contribution in [0, 0.1) is 0 Å². The molecule has 41 heavy (non-hydrogen) atoms. The molecule has 4 N–H and O–H groups in total. The van der Waals surface area contributed by atoms with Crippen LogP contribution in [0.25, 0.3) is 0 Å². The maximum atomic E-state index is 13.8. The Bertz CT molecular complexity index is 1290. The quantitative estimate of drug-likeness (QED) is 0.291. The number of hydrogen-bond acceptors (Lipinski definition) is 6. The van der Waals surface area contributed by atoms with Crippen LogP contribution >= 0.6 is 0 Å². The van der Waals surface area contributed by atoms with E-state index in [0.717, 1.165) is 11.1 Å². The minimum Gasteiger partial charge on any atom is -0.444 e. The van der Waals surface area contributed by atoms with Crippen molar-refractivity contribution in [2.75, 3.05) is 0 Å². The second kappa shape index (κ2) is 13.3. The molecule has 0 bridgehead atoms. The molecule has 0 unspecified atom stereocenters. The van der Waals surface area contributed by atoms with Gasteiger partial charge in [-0.3, -0.25) is 4.79 Å². The van der Waals surface area contributed by atoms with Gasteiger partial charge in [-0.2, -0.15) is 0 Å². The highest BCUT2D eigenvalue weighted by atomic mass is 16.6. The van der Waals surface area contributed by atoms with E-state index in [1.165, 1.54) is 0 Å². The number of aliphatic hydroxyl groups is 3. The molecule has 0 radical (unpaired) electrons. The third-order valence-electron chi connectivity index (χ3n) is 7.25. The minimum atomic E-state index is -1.19. The highest BCUT2D eigenvalue weighted by molar-refractivity contribution is 5.77. The number of ether oxygens (including phenoxy) is 1. The SMILES string of the molecule is CC(C)(C)OC(=O)N[C@@H](Cc1ccccc1)[C@@H](O)CCC(=O)N(Cc1ccccc1)[C@H]1c2ccccc2[C@@H](O)[C@H]1O.